The van der Waals surface area contributed by atoms with Gasteiger partial charge in [0.1, 0.15) is 0 Å². The molecule has 45 heavy (non-hydrogen) atoms. The Balaban J connectivity index is 1.32. The number of rotatable bonds is 3. The molecule has 7 aromatic rings. The molecule has 7 aromatic carbocycles. The van der Waals surface area contributed by atoms with Gasteiger partial charge in [-0.05, 0) is 83.5 Å². The van der Waals surface area contributed by atoms with Crippen molar-refractivity contribution < 1.29 is 0 Å². The van der Waals surface area contributed by atoms with E-state index in [1.165, 1.54) is 101 Å². The second-order valence-corrected chi connectivity index (χ2v) is 12.1. The van der Waals surface area contributed by atoms with E-state index in [9.17, 15) is 0 Å². The lowest BCUT2D eigenvalue weighted by atomic mass is 9.73. The highest BCUT2D eigenvalue weighted by atomic mass is 14.4. The summed E-state index contributed by atoms with van der Waals surface area (Å²) >= 11 is 0. The molecule has 0 saturated heterocycles. The Hall–Kier alpha value is -5.46. The molecule has 0 nitrogen and oxygen atoms in total. The van der Waals surface area contributed by atoms with Crippen LogP contribution in [0.3, 0.4) is 0 Å². The Labute approximate surface area is 264 Å². The van der Waals surface area contributed by atoms with Crippen molar-refractivity contribution in [1.82, 2.24) is 0 Å². The average molecular weight is 568 g/mol. The van der Waals surface area contributed by atoms with Crippen molar-refractivity contribution in [2.75, 3.05) is 0 Å². The highest BCUT2D eigenvalue weighted by Gasteiger charge is 2.41. The minimum Gasteiger partial charge on any atom is -0.0619 e. The normalized spacial score (nSPS) is 14.4. The van der Waals surface area contributed by atoms with E-state index in [0.717, 1.165) is 0 Å². The topological polar surface area (TPSA) is 0 Å². The molecule has 0 unspecified atom stereocenters. The molecular formula is C45H27. The summed E-state index contributed by atoms with van der Waals surface area (Å²) in [6.07, 6.45) is 0. The van der Waals surface area contributed by atoms with Gasteiger partial charge in [-0.15, -0.1) is 0 Å². The van der Waals surface area contributed by atoms with Crippen LogP contribution in [-0.4, -0.2) is 0 Å². The zero-order valence-corrected chi connectivity index (χ0v) is 24.6. The summed E-state index contributed by atoms with van der Waals surface area (Å²) in [5, 5.41) is 0. The summed E-state index contributed by atoms with van der Waals surface area (Å²) in [6, 6.07) is 60.6. The predicted octanol–water partition coefficient (Wildman–Crippen LogP) is 10.7. The summed E-state index contributed by atoms with van der Waals surface area (Å²) < 4.78 is 0. The first kappa shape index (κ1) is 24.9. The van der Waals surface area contributed by atoms with E-state index >= 15 is 0 Å². The van der Waals surface area contributed by atoms with Crippen molar-refractivity contribution in [2.24, 2.45) is 0 Å². The Morgan fingerprint density at radius 3 is 0.622 bits per heavy atom. The summed E-state index contributed by atoms with van der Waals surface area (Å²) in [5.41, 5.74) is 19.5. The van der Waals surface area contributed by atoms with Gasteiger partial charge in [-0.2, -0.15) is 0 Å². The molecule has 0 spiro atoms. The molecule has 10 rings (SSSR count). The van der Waals surface area contributed by atoms with Gasteiger partial charge in [-0.1, -0.05) is 164 Å². The predicted molar refractivity (Wildman–Crippen MR) is 184 cm³/mol. The van der Waals surface area contributed by atoms with Crippen LogP contribution >= 0.6 is 0 Å². The minimum atomic E-state index is 1.28. The van der Waals surface area contributed by atoms with E-state index in [4.69, 9.17) is 0 Å². The Morgan fingerprint density at radius 2 is 0.356 bits per heavy atom. The van der Waals surface area contributed by atoms with Crippen LogP contribution in [-0.2, 0) is 0 Å². The van der Waals surface area contributed by atoms with Crippen molar-refractivity contribution in [3.05, 3.63) is 232 Å². The van der Waals surface area contributed by atoms with E-state index in [-0.39, 0.29) is 0 Å². The molecule has 0 heteroatoms. The van der Waals surface area contributed by atoms with Crippen LogP contribution < -0.4 is 0 Å². The maximum atomic E-state index is 2.36. The lowest BCUT2D eigenvalue weighted by Crippen LogP contribution is -2.15. The summed E-state index contributed by atoms with van der Waals surface area (Å²) in [4.78, 5) is 0. The maximum Gasteiger partial charge on any atom is 0.0648 e. The molecule has 0 saturated carbocycles. The van der Waals surface area contributed by atoms with E-state index in [1.807, 2.05) is 0 Å². The third-order valence-electron chi connectivity index (χ3n) is 9.90. The Kier molecular flexibility index (Phi) is 5.27. The molecule has 3 radical (unpaired) electrons. The molecule has 0 aromatic heterocycles. The van der Waals surface area contributed by atoms with Gasteiger partial charge in [0.2, 0.25) is 0 Å². The molecule has 3 aliphatic rings. The SMILES string of the molecule is c1ccc2c(c1)[C](c1cccc([C]3c4ccccc4-c4ccccc43)c1[C]1c3ccccc3-c3ccccc31)c1ccccc1-2. The fourth-order valence-electron chi connectivity index (χ4n) is 8.14. The zero-order chi connectivity index (χ0) is 29.5. The summed E-state index contributed by atoms with van der Waals surface area (Å²) in [6.45, 7) is 0. The van der Waals surface area contributed by atoms with Crippen molar-refractivity contribution >= 4 is 0 Å². The highest BCUT2D eigenvalue weighted by Crippen LogP contribution is 2.56. The molecule has 0 amide bonds. The molecule has 0 bridgehead atoms. The van der Waals surface area contributed by atoms with Crippen molar-refractivity contribution in [3.8, 4) is 33.4 Å². The average Bonchev–Trinajstić information content (AvgIpc) is 3.74. The van der Waals surface area contributed by atoms with Crippen LogP contribution in [0, 0.1) is 17.8 Å². The molecule has 0 N–H and O–H groups in total. The van der Waals surface area contributed by atoms with Crippen molar-refractivity contribution in [3.63, 3.8) is 0 Å². The van der Waals surface area contributed by atoms with E-state index in [1.54, 1.807) is 0 Å². The first-order chi connectivity index (χ1) is 22.4. The first-order valence-corrected chi connectivity index (χ1v) is 15.7. The lowest BCUT2D eigenvalue weighted by molar-refractivity contribution is 1.14. The van der Waals surface area contributed by atoms with Gasteiger partial charge < -0.3 is 0 Å². The number of fused-ring (bicyclic) bond motifs is 9. The smallest absolute Gasteiger partial charge is 0.0619 e. The van der Waals surface area contributed by atoms with Crippen LogP contribution in [0.15, 0.2) is 164 Å². The Morgan fingerprint density at radius 1 is 0.156 bits per heavy atom. The largest absolute Gasteiger partial charge is 0.0648 e. The van der Waals surface area contributed by atoms with Gasteiger partial charge >= 0.3 is 0 Å². The fraction of sp³-hybridized carbons (Fsp3) is 0. The first-order valence-electron chi connectivity index (χ1n) is 15.7. The van der Waals surface area contributed by atoms with Crippen LogP contribution in [0.4, 0.5) is 0 Å². The molecule has 0 aliphatic heterocycles. The fourth-order valence-corrected chi connectivity index (χ4v) is 8.14. The number of hydrogen-bond acceptors (Lipinski definition) is 0. The number of benzene rings is 7. The van der Waals surface area contributed by atoms with E-state index < -0.39 is 0 Å². The van der Waals surface area contributed by atoms with Crippen LogP contribution in [0.1, 0.15) is 50.1 Å². The van der Waals surface area contributed by atoms with Crippen molar-refractivity contribution in [2.45, 2.75) is 0 Å². The van der Waals surface area contributed by atoms with Gasteiger partial charge in [0.25, 0.3) is 0 Å². The maximum absolute atomic E-state index is 2.36. The number of hydrogen-bond donors (Lipinski definition) is 0. The molecule has 3 aliphatic carbocycles. The third-order valence-corrected chi connectivity index (χ3v) is 9.90. The van der Waals surface area contributed by atoms with E-state index in [0.29, 0.717) is 0 Å². The van der Waals surface area contributed by atoms with Gasteiger partial charge in [-0.25, -0.2) is 0 Å². The van der Waals surface area contributed by atoms with Crippen LogP contribution in [0.25, 0.3) is 33.4 Å². The molecular weight excluding hydrogens is 540 g/mol. The van der Waals surface area contributed by atoms with Gasteiger partial charge in [-0.3, -0.25) is 0 Å². The highest BCUT2D eigenvalue weighted by molar-refractivity contribution is 5.94. The van der Waals surface area contributed by atoms with Crippen LogP contribution in [0.5, 0.6) is 0 Å². The summed E-state index contributed by atoms with van der Waals surface area (Å²) in [7, 11) is 0. The second kappa shape index (κ2) is 9.52. The lowest BCUT2D eigenvalue weighted by Gasteiger charge is -2.28. The standard InChI is InChI=1S/C45H27/c1-7-20-34-28(14-1)29-15-2-8-21-35(29)42(34)40-26-13-27-41(43-36-22-9-3-16-30(36)31-17-4-10-23-37(31)43)45(40)44-38-24-11-5-18-32(38)33-19-6-12-25-39(33)44/h1-27H. The zero-order valence-electron chi connectivity index (χ0n) is 24.6. The van der Waals surface area contributed by atoms with E-state index in [2.05, 4.69) is 164 Å². The Bertz CT molecular complexity index is 2050. The third kappa shape index (κ3) is 3.43. The van der Waals surface area contributed by atoms with Gasteiger partial charge in [0.15, 0.2) is 0 Å². The molecule has 0 atom stereocenters. The summed E-state index contributed by atoms with van der Waals surface area (Å²) in [5.74, 6) is 3.94. The molecule has 207 valence electrons. The molecule has 0 fully saturated rings. The monoisotopic (exact) mass is 567 g/mol. The van der Waals surface area contributed by atoms with Gasteiger partial charge in [0, 0.05) is 0 Å². The van der Waals surface area contributed by atoms with Crippen LogP contribution in [0.2, 0.25) is 0 Å². The quantitative estimate of drug-likeness (QED) is 0.199. The van der Waals surface area contributed by atoms with Crippen molar-refractivity contribution in [1.29, 1.82) is 0 Å². The molecule has 0 heterocycles. The van der Waals surface area contributed by atoms with Gasteiger partial charge in [0.05, 0.1) is 17.8 Å². The second-order valence-electron chi connectivity index (χ2n) is 12.1. The minimum absolute atomic E-state index is 1.28.